The fraction of sp³-hybridized carbons (Fsp3) is 0.435. The van der Waals surface area contributed by atoms with Gasteiger partial charge < -0.3 is 19.9 Å². The van der Waals surface area contributed by atoms with Crippen LogP contribution in [-0.4, -0.2) is 25.3 Å². The molecule has 2 fully saturated rings. The predicted molar refractivity (Wildman–Crippen MR) is 106 cm³/mol. The van der Waals surface area contributed by atoms with Gasteiger partial charge >= 0.3 is 5.97 Å². The van der Waals surface area contributed by atoms with Gasteiger partial charge in [-0.25, -0.2) is 4.79 Å². The predicted octanol–water partition coefficient (Wildman–Crippen LogP) is 4.70. The number of methoxy groups -OCH3 is 2. The number of rotatable bonds is 4. The third kappa shape index (κ3) is 2.42. The summed E-state index contributed by atoms with van der Waals surface area (Å²) in [6.07, 6.45) is 3.73. The molecule has 2 aliphatic carbocycles. The summed E-state index contributed by atoms with van der Waals surface area (Å²) in [5.74, 6) is 2.80. The number of aromatic carboxylic acids is 1. The Labute approximate surface area is 164 Å². The molecule has 0 saturated heterocycles. The Morgan fingerprint density at radius 2 is 1.89 bits per heavy atom. The molecule has 5 atom stereocenters. The van der Waals surface area contributed by atoms with Gasteiger partial charge in [0.05, 0.1) is 25.8 Å². The highest BCUT2D eigenvalue weighted by atomic mass is 16.5. The lowest BCUT2D eigenvalue weighted by Crippen LogP contribution is -2.35. The number of ether oxygens (including phenoxy) is 2. The van der Waals surface area contributed by atoms with Gasteiger partial charge in [0.25, 0.3) is 0 Å². The van der Waals surface area contributed by atoms with E-state index in [1.54, 1.807) is 20.3 Å². The zero-order valence-electron chi connectivity index (χ0n) is 16.1. The number of anilines is 1. The highest BCUT2D eigenvalue weighted by Gasteiger charge is 2.54. The summed E-state index contributed by atoms with van der Waals surface area (Å²) in [6, 6.07) is 11.7. The Hall–Kier alpha value is -2.69. The van der Waals surface area contributed by atoms with Crippen LogP contribution >= 0.6 is 0 Å². The number of hydrogen-bond acceptors (Lipinski definition) is 4. The minimum absolute atomic E-state index is 0.133. The van der Waals surface area contributed by atoms with Gasteiger partial charge in [0.15, 0.2) is 11.5 Å². The number of para-hydroxylation sites is 1. The van der Waals surface area contributed by atoms with Gasteiger partial charge in [-0.3, -0.25) is 0 Å². The number of carboxylic acid groups (broad SMARTS) is 1. The molecule has 2 saturated carbocycles. The van der Waals surface area contributed by atoms with Gasteiger partial charge in [0.1, 0.15) is 0 Å². The molecule has 5 heteroatoms. The Morgan fingerprint density at radius 1 is 1.07 bits per heavy atom. The molecular formula is C23H25NO4. The van der Waals surface area contributed by atoms with Crippen molar-refractivity contribution in [1.82, 2.24) is 0 Å². The van der Waals surface area contributed by atoms with E-state index >= 15 is 0 Å². The highest BCUT2D eigenvalue weighted by molar-refractivity contribution is 5.89. The lowest BCUT2D eigenvalue weighted by atomic mass is 9.67. The second kappa shape index (κ2) is 6.43. The number of carbonyl (C=O) groups is 1. The smallest absolute Gasteiger partial charge is 0.335 e. The molecular weight excluding hydrogens is 354 g/mol. The van der Waals surface area contributed by atoms with E-state index in [2.05, 4.69) is 11.4 Å². The third-order valence-electron chi connectivity index (χ3n) is 7.10. The summed E-state index contributed by atoms with van der Waals surface area (Å²) in [5, 5.41) is 13.2. The Bertz CT molecular complexity index is 940. The maximum atomic E-state index is 11.5. The molecule has 0 amide bonds. The van der Waals surface area contributed by atoms with Crippen LogP contribution in [-0.2, 0) is 0 Å². The van der Waals surface area contributed by atoms with E-state index in [4.69, 9.17) is 9.47 Å². The first-order valence-corrected chi connectivity index (χ1v) is 9.97. The summed E-state index contributed by atoms with van der Waals surface area (Å²) in [6.45, 7) is 0. The van der Waals surface area contributed by atoms with Crippen LogP contribution in [0.3, 0.4) is 0 Å². The summed E-state index contributed by atoms with van der Waals surface area (Å²) in [7, 11) is 3.36. The zero-order valence-corrected chi connectivity index (χ0v) is 16.1. The van der Waals surface area contributed by atoms with E-state index in [0.29, 0.717) is 29.2 Å². The van der Waals surface area contributed by atoms with Crippen molar-refractivity contribution in [2.45, 2.75) is 31.2 Å². The van der Waals surface area contributed by atoms with Crippen LogP contribution in [0.1, 0.15) is 52.7 Å². The van der Waals surface area contributed by atoms with Gasteiger partial charge in [-0.15, -0.1) is 0 Å². The van der Waals surface area contributed by atoms with Crippen molar-refractivity contribution >= 4 is 11.7 Å². The van der Waals surface area contributed by atoms with E-state index in [0.717, 1.165) is 22.7 Å². The Kier molecular flexibility index (Phi) is 4.00. The lowest BCUT2D eigenvalue weighted by molar-refractivity contribution is 0.0696. The maximum absolute atomic E-state index is 11.5. The van der Waals surface area contributed by atoms with E-state index in [1.165, 1.54) is 24.8 Å². The Morgan fingerprint density at radius 3 is 2.64 bits per heavy atom. The normalized spacial score (nSPS) is 29.6. The van der Waals surface area contributed by atoms with E-state index < -0.39 is 5.97 Å². The van der Waals surface area contributed by atoms with Crippen LogP contribution in [0.2, 0.25) is 0 Å². The van der Waals surface area contributed by atoms with Crippen molar-refractivity contribution in [2.75, 3.05) is 19.5 Å². The SMILES string of the molecule is COc1cccc([C@@H]2Nc3ccc(C(=O)O)cc3[C@H]3[C@H]4CC[C@@H](C4)[C@H]32)c1OC. The van der Waals surface area contributed by atoms with Gasteiger partial charge in [0.2, 0.25) is 0 Å². The van der Waals surface area contributed by atoms with Crippen molar-refractivity contribution in [3.63, 3.8) is 0 Å². The molecule has 0 unspecified atom stereocenters. The quantitative estimate of drug-likeness (QED) is 0.806. The number of hydrogen-bond donors (Lipinski definition) is 2. The first-order chi connectivity index (χ1) is 13.6. The molecule has 146 valence electrons. The summed E-state index contributed by atoms with van der Waals surface area (Å²) in [4.78, 5) is 11.5. The third-order valence-corrected chi connectivity index (χ3v) is 7.10. The maximum Gasteiger partial charge on any atom is 0.335 e. The molecule has 2 aromatic carbocycles. The van der Waals surface area contributed by atoms with Gasteiger partial charge in [0, 0.05) is 11.3 Å². The molecule has 5 nitrogen and oxygen atoms in total. The van der Waals surface area contributed by atoms with Crippen LogP contribution in [0.5, 0.6) is 11.5 Å². The average Bonchev–Trinajstić information content (AvgIpc) is 3.34. The number of carboxylic acids is 1. The summed E-state index contributed by atoms with van der Waals surface area (Å²) < 4.78 is 11.3. The van der Waals surface area contributed by atoms with Crippen LogP contribution in [0.4, 0.5) is 5.69 Å². The molecule has 28 heavy (non-hydrogen) atoms. The second-order valence-electron chi connectivity index (χ2n) is 8.25. The zero-order chi connectivity index (χ0) is 19.4. The molecule has 0 spiro atoms. The summed E-state index contributed by atoms with van der Waals surface area (Å²) in [5.41, 5.74) is 3.72. The van der Waals surface area contributed by atoms with Crippen molar-refractivity contribution in [2.24, 2.45) is 17.8 Å². The van der Waals surface area contributed by atoms with E-state index in [9.17, 15) is 9.90 Å². The van der Waals surface area contributed by atoms with Gasteiger partial charge in [-0.2, -0.15) is 0 Å². The first-order valence-electron chi connectivity index (χ1n) is 9.97. The molecule has 1 aliphatic heterocycles. The monoisotopic (exact) mass is 379 g/mol. The fourth-order valence-electron chi connectivity index (χ4n) is 6.09. The molecule has 2 N–H and O–H groups in total. The number of fused-ring (bicyclic) bond motifs is 7. The minimum atomic E-state index is -0.862. The fourth-order valence-corrected chi connectivity index (χ4v) is 6.09. The number of benzene rings is 2. The van der Waals surface area contributed by atoms with Crippen molar-refractivity contribution in [3.8, 4) is 11.5 Å². The van der Waals surface area contributed by atoms with Crippen LogP contribution in [0, 0.1) is 17.8 Å². The average molecular weight is 379 g/mol. The largest absolute Gasteiger partial charge is 0.493 e. The van der Waals surface area contributed by atoms with E-state index in [1.807, 2.05) is 24.3 Å². The van der Waals surface area contributed by atoms with Crippen LogP contribution in [0.15, 0.2) is 36.4 Å². The van der Waals surface area contributed by atoms with Crippen molar-refractivity contribution in [3.05, 3.63) is 53.1 Å². The number of nitrogens with one attached hydrogen (secondary N) is 1. The minimum Gasteiger partial charge on any atom is -0.493 e. The molecule has 1 heterocycles. The molecule has 0 radical (unpaired) electrons. The molecule has 5 rings (SSSR count). The van der Waals surface area contributed by atoms with Crippen LogP contribution in [0.25, 0.3) is 0 Å². The Balaban J connectivity index is 1.65. The van der Waals surface area contributed by atoms with Crippen molar-refractivity contribution in [1.29, 1.82) is 0 Å². The van der Waals surface area contributed by atoms with Crippen molar-refractivity contribution < 1.29 is 19.4 Å². The second-order valence-corrected chi connectivity index (χ2v) is 8.25. The first kappa shape index (κ1) is 17.4. The summed E-state index contributed by atoms with van der Waals surface area (Å²) >= 11 is 0. The van der Waals surface area contributed by atoms with E-state index in [-0.39, 0.29) is 6.04 Å². The topological polar surface area (TPSA) is 67.8 Å². The van der Waals surface area contributed by atoms with Gasteiger partial charge in [-0.1, -0.05) is 12.1 Å². The highest BCUT2D eigenvalue weighted by Crippen LogP contribution is 2.64. The van der Waals surface area contributed by atoms with Gasteiger partial charge in [-0.05, 0) is 72.8 Å². The lowest BCUT2D eigenvalue weighted by Gasteiger charge is -2.44. The molecule has 0 aromatic heterocycles. The molecule has 2 bridgehead atoms. The molecule has 3 aliphatic rings. The molecule has 2 aromatic rings. The standard InChI is InChI=1S/C23H25NO4/c1-27-18-5-3-4-15(22(18)28-2)21-20-13-7-6-12(10-13)19(20)16-11-14(23(25)26)8-9-17(16)24-21/h3-5,8-9,11-13,19-21,24H,6-7,10H2,1-2H3,(H,25,26)/t12-,13-,19+,20+,21-/m0/s1. The van der Waals surface area contributed by atoms with Crippen LogP contribution < -0.4 is 14.8 Å².